The van der Waals surface area contributed by atoms with Crippen LogP contribution in [0.4, 0.5) is 0 Å². The molecular weight excluding hydrogens is 321 g/mol. The molecule has 1 heterocycles. The molecule has 0 aliphatic carbocycles. The molecule has 0 spiro atoms. The number of aliphatic hydroxyl groups is 1. The lowest BCUT2D eigenvalue weighted by Crippen LogP contribution is -2.40. The average Bonchev–Trinajstić information content (AvgIpc) is 2.44. The third kappa shape index (κ3) is 3.12. The van der Waals surface area contributed by atoms with Crippen molar-refractivity contribution in [3.8, 4) is 0 Å². The Labute approximate surface area is 129 Å². The van der Waals surface area contributed by atoms with Gasteiger partial charge in [-0.05, 0) is 43.4 Å². The van der Waals surface area contributed by atoms with Crippen LogP contribution in [0, 0.1) is 12.8 Å². The normalized spacial score (nSPS) is 21.1. The van der Waals surface area contributed by atoms with Crippen molar-refractivity contribution >= 4 is 33.2 Å². The number of piperidine rings is 1. The van der Waals surface area contributed by atoms with Crippen molar-refractivity contribution in [2.45, 2.75) is 24.7 Å². The number of aliphatic hydroxyl groups excluding tert-OH is 1. The van der Waals surface area contributed by atoms with E-state index in [1.165, 1.54) is 16.4 Å². The van der Waals surface area contributed by atoms with E-state index in [4.69, 9.17) is 23.2 Å². The number of nitrogens with zero attached hydrogens (tertiary/aromatic N) is 1. The van der Waals surface area contributed by atoms with Crippen LogP contribution in [0.2, 0.25) is 10.0 Å². The molecule has 7 heteroatoms. The molecule has 1 unspecified atom stereocenters. The van der Waals surface area contributed by atoms with Gasteiger partial charge in [-0.1, -0.05) is 23.2 Å². The first kappa shape index (κ1) is 16.0. The van der Waals surface area contributed by atoms with Crippen LogP contribution in [0.5, 0.6) is 0 Å². The fraction of sp³-hybridized carbons (Fsp3) is 0.538. The Morgan fingerprint density at radius 3 is 2.50 bits per heavy atom. The van der Waals surface area contributed by atoms with Crippen LogP contribution in [0.15, 0.2) is 17.0 Å². The van der Waals surface area contributed by atoms with Gasteiger partial charge in [0.15, 0.2) is 0 Å². The monoisotopic (exact) mass is 337 g/mol. The maximum atomic E-state index is 12.6. The quantitative estimate of drug-likeness (QED) is 0.922. The Morgan fingerprint density at radius 2 is 1.95 bits per heavy atom. The lowest BCUT2D eigenvalue weighted by Gasteiger charge is -2.31. The maximum absolute atomic E-state index is 12.6. The van der Waals surface area contributed by atoms with Gasteiger partial charge in [0.2, 0.25) is 10.0 Å². The van der Waals surface area contributed by atoms with Gasteiger partial charge in [0.25, 0.3) is 0 Å². The van der Waals surface area contributed by atoms with Gasteiger partial charge in [0, 0.05) is 29.7 Å². The number of halogens is 2. The van der Waals surface area contributed by atoms with Crippen molar-refractivity contribution in [3.63, 3.8) is 0 Å². The molecule has 0 saturated carbocycles. The first-order valence-corrected chi connectivity index (χ1v) is 8.62. The van der Waals surface area contributed by atoms with E-state index < -0.39 is 10.0 Å². The first-order valence-electron chi connectivity index (χ1n) is 6.43. The highest BCUT2D eigenvalue weighted by Gasteiger charge is 2.30. The second-order valence-electron chi connectivity index (χ2n) is 5.07. The number of sulfonamides is 1. The van der Waals surface area contributed by atoms with E-state index in [0.717, 1.165) is 12.8 Å². The van der Waals surface area contributed by atoms with Crippen LogP contribution in [0.25, 0.3) is 0 Å². The molecule has 4 nitrogen and oxygen atoms in total. The SMILES string of the molecule is Cc1c(Cl)cc(S(=O)(=O)N2CCCC(CO)C2)cc1Cl. The number of rotatable bonds is 3. The Hall–Kier alpha value is -0.330. The first-order chi connectivity index (χ1) is 9.36. The minimum atomic E-state index is -3.61. The average molecular weight is 338 g/mol. The van der Waals surface area contributed by atoms with Gasteiger partial charge in [0.1, 0.15) is 0 Å². The molecular formula is C13H17Cl2NO3S. The molecule has 1 aliphatic heterocycles. The predicted octanol–water partition coefficient (Wildman–Crippen LogP) is 2.69. The summed E-state index contributed by atoms with van der Waals surface area (Å²) in [6, 6.07) is 2.86. The molecule has 2 rings (SSSR count). The summed E-state index contributed by atoms with van der Waals surface area (Å²) in [5, 5.41) is 9.89. The van der Waals surface area contributed by atoms with Gasteiger partial charge < -0.3 is 5.11 Å². The minimum Gasteiger partial charge on any atom is -0.396 e. The molecule has 1 aromatic carbocycles. The van der Waals surface area contributed by atoms with Crippen LogP contribution in [-0.4, -0.2) is 37.5 Å². The van der Waals surface area contributed by atoms with Crippen molar-refractivity contribution in [1.82, 2.24) is 4.31 Å². The topological polar surface area (TPSA) is 57.6 Å². The summed E-state index contributed by atoms with van der Waals surface area (Å²) in [6.45, 7) is 2.54. The van der Waals surface area contributed by atoms with Gasteiger partial charge in [-0.2, -0.15) is 4.31 Å². The van der Waals surface area contributed by atoms with Gasteiger partial charge in [-0.25, -0.2) is 8.42 Å². The lowest BCUT2D eigenvalue weighted by atomic mass is 10.0. The van der Waals surface area contributed by atoms with Crippen LogP contribution in [0.1, 0.15) is 18.4 Å². The summed E-state index contributed by atoms with van der Waals surface area (Å²) in [6.07, 6.45) is 1.59. The van der Waals surface area contributed by atoms with Crippen LogP contribution >= 0.6 is 23.2 Å². The fourth-order valence-corrected chi connectivity index (χ4v) is 4.54. The Kier molecular flexibility index (Phi) is 4.97. The molecule has 20 heavy (non-hydrogen) atoms. The van der Waals surface area contributed by atoms with E-state index in [2.05, 4.69) is 0 Å². The van der Waals surface area contributed by atoms with E-state index in [-0.39, 0.29) is 17.4 Å². The zero-order valence-electron chi connectivity index (χ0n) is 11.1. The third-order valence-corrected chi connectivity index (χ3v) is 6.26. The van der Waals surface area contributed by atoms with Gasteiger partial charge in [0.05, 0.1) is 4.90 Å². The molecule has 1 aliphatic rings. The van der Waals surface area contributed by atoms with Gasteiger partial charge in [-0.15, -0.1) is 0 Å². The second kappa shape index (κ2) is 6.20. The summed E-state index contributed by atoms with van der Waals surface area (Å²) in [5.41, 5.74) is 0.666. The molecule has 1 atom stereocenters. The molecule has 0 aromatic heterocycles. The smallest absolute Gasteiger partial charge is 0.243 e. The standard InChI is InChI=1S/C13H17Cl2NO3S/c1-9-12(14)5-11(6-13(9)15)20(18,19)16-4-2-3-10(7-16)8-17/h5-6,10,17H,2-4,7-8H2,1H3. The van der Waals surface area contributed by atoms with Crippen molar-refractivity contribution in [1.29, 1.82) is 0 Å². The fourth-order valence-electron chi connectivity index (χ4n) is 2.31. The minimum absolute atomic E-state index is 0.00142. The molecule has 1 saturated heterocycles. The highest BCUT2D eigenvalue weighted by atomic mass is 35.5. The van der Waals surface area contributed by atoms with E-state index in [0.29, 0.717) is 28.7 Å². The number of hydrogen-bond donors (Lipinski definition) is 1. The van der Waals surface area contributed by atoms with Crippen molar-refractivity contribution < 1.29 is 13.5 Å². The molecule has 0 radical (unpaired) electrons. The molecule has 0 bridgehead atoms. The van der Waals surface area contributed by atoms with E-state index in [1.54, 1.807) is 6.92 Å². The second-order valence-corrected chi connectivity index (χ2v) is 7.82. The Balaban J connectivity index is 2.35. The zero-order valence-corrected chi connectivity index (χ0v) is 13.5. The third-order valence-electron chi connectivity index (χ3n) is 3.63. The van der Waals surface area contributed by atoms with E-state index in [9.17, 15) is 13.5 Å². The predicted molar refractivity (Wildman–Crippen MR) is 79.8 cm³/mol. The van der Waals surface area contributed by atoms with Crippen LogP contribution < -0.4 is 0 Å². The summed E-state index contributed by atoms with van der Waals surface area (Å²) < 4.78 is 26.6. The highest BCUT2D eigenvalue weighted by molar-refractivity contribution is 7.89. The lowest BCUT2D eigenvalue weighted by molar-refractivity contribution is 0.165. The Bertz CT molecular complexity index is 581. The van der Waals surface area contributed by atoms with Crippen molar-refractivity contribution in [2.75, 3.05) is 19.7 Å². The molecule has 1 N–H and O–H groups in total. The summed E-state index contributed by atoms with van der Waals surface area (Å²) in [4.78, 5) is 0.108. The van der Waals surface area contributed by atoms with E-state index >= 15 is 0 Å². The van der Waals surface area contributed by atoms with Crippen LogP contribution in [0.3, 0.4) is 0 Å². The molecule has 0 amide bonds. The highest BCUT2D eigenvalue weighted by Crippen LogP contribution is 2.30. The van der Waals surface area contributed by atoms with Crippen molar-refractivity contribution in [3.05, 3.63) is 27.7 Å². The largest absolute Gasteiger partial charge is 0.396 e. The van der Waals surface area contributed by atoms with Gasteiger partial charge in [-0.3, -0.25) is 0 Å². The number of hydrogen-bond acceptors (Lipinski definition) is 3. The van der Waals surface area contributed by atoms with Crippen molar-refractivity contribution in [2.24, 2.45) is 5.92 Å². The Morgan fingerprint density at radius 1 is 1.35 bits per heavy atom. The molecule has 112 valence electrons. The summed E-state index contributed by atoms with van der Waals surface area (Å²) >= 11 is 12.0. The summed E-state index contributed by atoms with van der Waals surface area (Å²) in [5.74, 6) is -0.00471. The van der Waals surface area contributed by atoms with Gasteiger partial charge >= 0.3 is 0 Å². The summed E-state index contributed by atoms with van der Waals surface area (Å²) in [7, 11) is -3.61. The van der Waals surface area contributed by atoms with E-state index in [1.807, 2.05) is 0 Å². The number of benzene rings is 1. The van der Waals surface area contributed by atoms with Crippen LogP contribution in [-0.2, 0) is 10.0 Å². The molecule has 1 fully saturated rings. The zero-order chi connectivity index (χ0) is 14.9. The molecule has 1 aromatic rings. The maximum Gasteiger partial charge on any atom is 0.243 e.